The number of hydrogen-bond acceptors (Lipinski definition) is 6. The van der Waals surface area contributed by atoms with E-state index < -0.39 is 0 Å². The third-order valence-electron chi connectivity index (χ3n) is 11.9. The predicted octanol–water partition coefficient (Wildman–Crippen LogP) is 18.1. The number of hydrogen-bond donors (Lipinski definition) is 0. The van der Waals surface area contributed by atoms with Crippen molar-refractivity contribution in [3.05, 3.63) is 72.8 Å². The molecule has 2 heterocycles. The van der Waals surface area contributed by atoms with Crippen molar-refractivity contribution in [2.75, 3.05) is 26.4 Å². The molecule has 0 amide bonds. The SMILES string of the molecule is CCCCCCCCOc1ccc2oc3ccc(OCCCCCCCC)cc3c2c1.CCCCCCCCOc1ccc2oc3ccc(OCCCCCCCC)cc3c2c1. The molecule has 0 radical (unpaired) electrons. The lowest BCUT2D eigenvalue weighted by Gasteiger charge is -2.07. The standard InChI is InChI=1S/2C28H40O3/c2*1-3-5-7-9-11-13-19-29-23-15-17-27-25(21-23)26-22-24(16-18-28(26)31-27)30-20-14-12-10-8-6-4-2/h2*15-18,21-22H,3-14,19-20H2,1-2H3. The zero-order valence-electron chi connectivity index (χ0n) is 39.2. The molecule has 6 rings (SSSR count). The second-order valence-electron chi connectivity index (χ2n) is 17.3. The molecule has 0 spiro atoms. The zero-order valence-corrected chi connectivity index (χ0v) is 39.2. The van der Waals surface area contributed by atoms with Gasteiger partial charge in [-0.05, 0) is 98.5 Å². The molecule has 340 valence electrons. The van der Waals surface area contributed by atoms with Gasteiger partial charge in [0.05, 0.1) is 26.4 Å². The summed E-state index contributed by atoms with van der Waals surface area (Å²) in [6.45, 7) is 12.1. The molecule has 4 aromatic carbocycles. The van der Waals surface area contributed by atoms with Gasteiger partial charge in [0.1, 0.15) is 45.3 Å². The van der Waals surface area contributed by atoms with Gasteiger partial charge >= 0.3 is 0 Å². The molecule has 0 bridgehead atoms. The number of benzene rings is 4. The van der Waals surface area contributed by atoms with Crippen LogP contribution in [0.25, 0.3) is 43.9 Å². The average Bonchev–Trinajstić information content (AvgIpc) is 3.85. The molecule has 62 heavy (non-hydrogen) atoms. The van der Waals surface area contributed by atoms with Gasteiger partial charge in [-0.1, -0.05) is 156 Å². The van der Waals surface area contributed by atoms with Crippen molar-refractivity contribution in [1.82, 2.24) is 0 Å². The van der Waals surface area contributed by atoms with Crippen LogP contribution in [0.3, 0.4) is 0 Å². The van der Waals surface area contributed by atoms with E-state index in [0.29, 0.717) is 0 Å². The highest BCUT2D eigenvalue weighted by Gasteiger charge is 2.12. The van der Waals surface area contributed by atoms with E-state index in [1.807, 2.05) is 48.5 Å². The number of rotatable bonds is 32. The Morgan fingerprint density at radius 2 is 0.484 bits per heavy atom. The van der Waals surface area contributed by atoms with Crippen LogP contribution in [0.1, 0.15) is 182 Å². The quantitative estimate of drug-likeness (QED) is 0.0394. The van der Waals surface area contributed by atoms with Gasteiger partial charge in [-0.25, -0.2) is 0 Å². The van der Waals surface area contributed by atoms with Gasteiger partial charge in [0.15, 0.2) is 0 Å². The van der Waals surface area contributed by atoms with Gasteiger partial charge in [0.25, 0.3) is 0 Å². The number of fused-ring (bicyclic) bond motifs is 6. The van der Waals surface area contributed by atoms with Crippen LogP contribution >= 0.6 is 0 Å². The summed E-state index contributed by atoms with van der Waals surface area (Å²) < 4.78 is 36.1. The molecular formula is C56H80O6. The Morgan fingerprint density at radius 3 is 0.710 bits per heavy atom. The lowest BCUT2D eigenvalue weighted by Crippen LogP contribution is -1.97. The molecule has 0 saturated carbocycles. The Morgan fingerprint density at radius 1 is 0.274 bits per heavy atom. The third-order valence-corrected chi connectivity index (χ3v) is 11.9. The lowest BCUT2D eigenvalue weighted by atomic mass is 10.1. The number of furan rings is 2. The van der Waals surface area contributed by atoms with Crippen LogP contribution in [0.15, 0.2) is 81.6 Å². The molecule has 0 aliphatic carbocycles. The first kappa shape index (κ1) is 48.7. The number of unbranched alkanes of at least 4 members (excludes halogenated alkanes) is 20. The maximum absolute atomic E-state index is 6.02. The first-order valence-corrected chi connectivity index (χ1v) is 25.1. The Labute approximate surface area is 374 Å². The Kier molecular flexibility index (Phi) is 22.9. The van der Waals surface area contributed by atoms with Crippen molar-refractivity contribution in [2.24, 2.45) is 0 Å². The van der Waals surface area contributed by atoms with Crippen LogP contribution < -0.4 is 18.9 Å². The van der Waals surface area contributed by atoms with Gasteiger partial charge < -0.3 is 27.8 Å². The van der Waals surface area contributed by atoms with Crippen LogP contribution in [0.5, 0.6) is 23.0 Å². The minimum absolute atomic E-state index is 0.778. The summed E-state index contributed by atoms with van der Waals surface area (Å²) >= 11 is 0. The second kappa shape index (κ2) is 29.1. The summed E-state index contributed by atoms with van der Waals surface area (Å²) in [6.07, 6.45) is 30.6. The van der Waals surface area contributed by atoms with Crippen molar-refractivity contribution in [3.8, 4) is 23.0 Å². The fourth-order valence-corrected chi connectivity index (χ4v) is 8.12. The van der Waals surface area contributed by atoms with Crippen molar-refractivity contribution in [2.45, 2.75) is 182 Å². The van der Waals surface area contributed by atoms with Crippen LogP contribution in [-0.2, 0) is 0 Å². The van der Waals surface area contributed by atoms with Crippen molar-refractivity contribution in [3.63, 3.8) is 0 Å². The highest BCUT2D eigenvalue weighted by Crippen LogP contribution is 2.35. The smallest absolute Gasteiger partial charge is 0.135 e. The summed E-state index contributed by atoms with van der Waals surface area (Å²) in [5.41, 5.74) is 3.59. The van der Waals surface area contributed by atoms with Gasteiger partial charge in [0, 0.05) is 21.5 Å². The molecule has 6 heteroatoms. The average molecular weight is 849 g/mol. The van der Waals surface area contributed by atoms with Crippen LogP contribution in [0.2, 0.25) is 0 Å². The molecule has 0 aliphatic rings. The molecule has 0 unspecified atom stereocenters. The van der Waals surface area contributed by atoms with E-state index in [4.69, 9.17) is 27.8 Å². The molecule has 0 saturated heterocycles. The molecule has 0 fully saturated rings. The predicted molar refractivity (Wildman–Crippen MR) is 263 cm³/mol. The lowest BCUT2D eigenvalue weighted by molar-refractivity contribution is 0.304. The van der Waals surface area contributed by atoms with Crippen LogP contribution in [0.4, 0.5) is 0 Å². The summed E-state index contributed by atoms with van der Waals surface area (Å²) in [4.78, 5) is 0. The molecule has 6 nitrogen and oxygen atoms in total. The molecule has 0 atom stereocenters. The Bertz CT molecular complexity index is 1800. The maximum Gasteiger partial charge on any atom is 0.135 e. The minimum Gasteiger partial charge on any atom is -0.494 e. The van der Waals surface area contributed by atoms with Gasteiger partial charge in [0.2, 0.25) is 0 Å². The van der Waals surface area contributed by atoms with Crippen molar-refractivity contribution < 1.29 is 27.8 Å². The van der Waals surface area contributed by atoms with E-state index in [2.05, 4.69) is 52.0 Å². The third kappa shape index (κ3) is 16.8. The monoisotopic (exact) mass is 849 g/mol. The van der Waals surface area contributed by atoms with Crippen molar-refractivity contribution >= 4 is 43.9 Å². The van der Waals surface area contributed by atoms with E-state index in [9.17, 15) is 0 Å². The molecular weight excluding hydrogens is 769 g/mol. The van der Waals surface area contributed by atoms with Crippen molar-refractivity contribution in [1.29, 1.82) is 0 Å². The zero-order chi connectivity index (χ0) is 43.5. The number of ether oxygens (including phenoxy) is 4. The van der Waals surface area contributed by atoms with E-state index in [-0.39, 0.29) is 0 Å². The first-order valence-electron chi connectivity index (χ1n) is 25.1. The summed E-state index contributed by atoms with van der Waals surface area (Å²) in [6, 6.07) is 24.5. The highest BCUT2D eigenvalue weighted by molar-refractivity contribution is 6.06. The fourth-order valence-electron chi connectivity index (χ4n) is 8.12. The van der Waals surface area contributed by atoms with Gasteiger partial charge in [-0.2, -0.15) is 0 Å². The molecule has 0 N–H and O–H groups in total. The Balaban J connectivity index is 0.000000234. The largest absolute Gasteiger partial charge is 0.494 e. The first-order chi connectivity index (χ1) is 30.6. The fraction of sp³-hybridized carbons (Fsp3) is 0.571. The van der Waals surface area contributed by atoms with E-state index in [0.717, 1.165) is 119 Å². The summed E-state index contributed by atoms with van der Waals surface area (Å²) in [5.74, 6) is 3.67. The van der Waals surface area contributed by atoms with E-state index >= 15 is 0 Å². The van der Waals surface area contributed by atoms with Crippen LogP contribution in [0, 0.1) is 0 Å². The van der Waals surface area contributed by atoms with Crippen LogP contribution in [-0.4, -0.2) is 26.4 Å². The maximum atomic E-state index is 6.02. The highest BCUT2D eigenvalue weighted by atomic mass is 16.5. The Hall–Kier alpha value is -4.32. The topological polar surface area (TPSA) is 63.2 Å². The summed E-state index contributed by atoms with van der Waals surface area (Å²) in [5, 5.41) is 4.39. The second-order valence-corrected chi connectivity index (χ2v) is 17.3. The van der Waals surface area contributed by atoms with E-state index in [1.54, 1.807) is 0 Å². The van der Waals surface area contributed by atoms with Gasteiger partial charge in [-0.3, -0.25) is 0 Å². The normalized spacial score (nSPS) is 11.4. The minimum atomic E-state index is 0.778. The van der Waals surface area contributed by atoms with Gasteiger partial charge in [-0.15, -0.1) is 0 Å². The molecule has 0 aliphatic heterocycles. The van der Waals surface area contributed by atoms with E-state index in [1.165, 1.54) is 128 Å². The molecule has 2 aromatic heterocycles. The summed E-state index contributed by atoms with van der Waals surface area (Å²) in [7, 11) is 0. The molecule has 6 aromatic rings.